The largest absolute Gasteiger partial charge is 0.496 e. The van der Waals surface area contributed by atoms with Crippen LogP contribution in [-0.2, 0) is 9.59 Å². The summed E-state index contributed by atoms with van der Waals surface area (Å²) in [6.07, 6.45) is 2.62. The van der Waals surface area contributed by atoms with Gasteiger partial charge in [0, 0.05) is 0 Å². The van der Waals surface area contributed by atoms with Crippen molar-refractivity contribution >= 4 is 12.2 Å². The second-order valence-corrected chi connectivity index (χ2v) is 0.946. The maximum atomic E-state index is 9.34. The first kappa shape index (κ1) is 6.76. The highest BCUT2D eigenvalue weighted by Gasteiger charge is 1.98. The van der Waals surface area contributed by atoms with Crippen molar-refractivity contribution < 1.29 is 9.59 Å². The van der Waals surface area contributed by atoms with Gasteiger partial charge in [0.2, 0.25) is 0 Å². The van der Waals surface area contributed by atoms with Crippen molar-refractivity contribution in [2.24, 2.45) is 0 Å². The highest BCUT2D eigenvalue weighted by Crippen LogP contribution is 1.44. The number of hydrogen-bond acceptors (Lipinski definition) is 4. The molecular formula is C4H4N2O2+2. The Balaban J connectivity index is 3.18. The van der Waals surface area contributed by atoms with Gasteiger partial charge in [0.1, 0.15) is 9.98 Å². The van der Waals surface area contributed by atoms with Gasteiger partial charge in [-0.2, -0.15) is 9.59 Å². The van der Waals surface area contributed by atoms with Crippen LogP contribution < -0.4 is 9.98 Å². The molecule has 0 N–H and O–H groups in total. The summed E-state index contributed by atoms with van der Waals surface area (Å²) in [5.74, 6) is 0. The van der Waals surface area contributed by atoms with Crippen LogP contribution in [0.2, 0.25) is 0 Å². The SMILES string of the molecule is O=C=[N+]CC[N+]=C=O. The van der Waals surface area contributed by atoms with E-state index in [1.54, 1.807) is 0 Å². The zero-order valence-corrected chi connectivity index (χ0v) is 4.13. The van der Waals surface area contributed by atoms with Gasteiger partial charge in [-0.05, 0) is 0 Å². The van der Waals surface area contributed by atoms with Crippen LogP contribution in [0.25, 0.3) is 0 Å². The van der Waals surface area contributed by atoms with Crippen molar-refractivity contribution in [1.82, 2.24) is 9.98 Å². The Morgan fingerprint density at radius 3 is 1.62 bits per heavy atom. The van der Waals surface area contributed by atoms with Gasteiger partial charge in [-0.3, -0.25) is 0 Å². The van der Waals surface area contributed by atoms with Crippen molar-refractivity contribution in [3.8, 4) is 0 Å². The summed E-state index contributed by atoms with van der Waals surface area (Å²) in [7, 11) is 0. The number of nitrogens with zero attached hydrogens (tertiary/aromatic N) is 2. The fourth-order valence-corrected chi connectivity index (χ4v) is 0.191. The van der Waals surface area contributed by atoms with Crippen molar-refractivity contribution in [1.29, 1.82) is 0 Å². The molecule has 0 fully saturated rings. The van der Waals surface area contributed by atoms with Crippen molar-refractivity contribution in [3.05, 3.63) is 0 Å². The molecular weight excluding hydrogens is 108 g/mol. The molecule has 4 heteroatoms. The normalized spacial score (nSPS) is 6.50. The van der Waals surface area contributed by atoms with Crippen LogP contribution in [0.1, 0.15) is 0 Å². The van der Waals surface area contributed by atoms with E-state index < -0.39 is 0 Å². The lowest BCUT2D eigenvalue weighted by Crippen LogP contribution is -2.03. The number of isocyanates is 2. The summed E-state index contributed by atoms with van der Waals surface area (Å²) in [6, 6.07) is 0. The molecule has 0 aromatic heterocycles. The summed E-state index contributed by atoms with van der Waals surface area (Å²) in [6.45, 7) is 0.442. The quantitative estimate of drug-likeness (QED) is 0.249. The van der Waals surface area contributed by atoms with Gasteiger partial charge in [-0.25, -0.2) is 0 Å². The summed E-state index contributed by atoms with van der Waals surface area (Å²) >= 11 is 0. The van der Waals surface area contributed by atoms with Crippen LogP contribution in [-0.4, -0.2) is 25.2 Å². The first-order valence-corrected chi connectivity index (χ1v) is 1.99. The maximum Gasteiger partial charge on any atom is 0.496 e. The molecule has 2 radical (unpaired) electrons. The first-order chi connectivity index (χ1) is 3.91. The van der Waals surface area contributed by atoms with E-state index in [2.05, 4.69) is 9.98 Å². The third-order valence-electron chi connectivity index (χ3n) is 0.453. The third-order valence-corrected chi connectivity index (χ3v) is 0.453. The minimum absolute atomic E-state index is 0.221. The predicted molar refractivity (Wildman–Crippen MR) is 25.4 cm³/mol. The lowest BCUT2D eigenvalue weighted by atomic mass is 10.7. The molecule has 40 valence electrons. The second kappa shape index (κ2) is 5.76. The van der Waals surface area contributed by atoms with Gasteiger partial charge >= 0.3 is 12.2 Å². The van der Waals surface area contributed by atoms with E-state index >= 15 is 0 Å². The summed E-state index contributed by atoms with van der Waals surface area (Å²) < 4.78 is 0. The third kappa shape index (κ3) is 4.76. The van der Waals surface area contributed by atoms with E-state index in [1.807, 2.05) is 0 Å². The van der Waals surface area contributed by atoms with E-state index in [4.69, 9.17) is 0 Å². The molecule has 0 saturated carbocycles. The Bertz CT molecular complexity index is 124. The highest BCUT2D eigenvalue weighted by molar-refractivity contribution is 5.31. The number of carbonyl (C=O) groups excluding carboxylic acids is 2. The fraction of sp³-hybridized carbons (Fsp3) is 0.500. The summed E-state index contributed by atoms with van der Waals surface area (Å²) in [5.41, 5.74) is 0. The molecule has 0 spiro atoms. The monoisotopic (exact) mass is 112 g/mol. The molecule has 0 unspecified atom stereocenters. The van der Waals surface area contributed by atoms with Crippen molar-refractivity contribution in [3.63, 3.8) is 0 Å². The summed E-state index contributed by atoms with van der Waals surface area (Å²) in [4.78, 5) is 24.9. The van der Waals surface area contributed by atoms with E-state index in [9.17, 15) is 9.59 Å². The second-order valence-electron chi connectivity index (χ2n) is 0.946. The standard InChI is InChI=1S/C4H4N2O2/c7-3-5-1-2-6-4-8/h1-2H2/q+2. The molecule has 0 heterocycles. The van der Waals surface area contributed by atoms with Crippen LogP contribution in [0.3, 0.4) is 0 Å². The maximum absolute atomic E-state index is 9.34. The molecule has 0 aromatic rings. The lowest BCUT2D eigenvalue weighted by molar-refractivity contribution is 0.554. The Morgan fingerprint density at radius 1 is 1.00 bits per heavy atom. The molecule has 4 nitrogen and oxygen atoms in total. The molecule has 0 amide bonds. The molecule has 0 bridgehead atoms. The number of rotatable bonds is 3. The molecule has 0 atom stereocenters. The number of aliphatic imine (C=N–C) groups is 2. The molecule has 0 aliphatic heterocycles. The van der Waals surface area contributed by atoms with Gasteiger partial charge in [-0.1, -0.05) is 0 Å². The van der Waals surface area contributed by atoms with Crippen LogP contribution >= 0.6 is 0 Å². The molecule has 0 aliphatic carbocycles. The zero-order chi connectivity index (χ0) is 6.24. The van der Waals surface area contributed by atoms with E-state index in [0.29, 0.717) is 0 Å². The van der Waals surface area contributed by atoms with E-state index in [0.717, 1.165) is 0 Å². The van der Waals surface area contributed by atoms with Crippen molar-refractivity contribution in [2.45, 2.75) is 0 Å². The Hall–Kier alpha value is -1.24. The van der Waals surface area contributed by atoms with Crippen molar-refractivity contribution in [2.75, 3.05) is 13.1 Å². The van der Waals surface area contributed by atoms with Gasteiger partial charge in [0.15, 0.2) is 0 Å². The Labute approximate surface area is 45.9 Å². The van der Waals surface area contributed by atoms with Gasteiger partial charge in [0.25, 0.3) is 13.1 Å². The van der Waals surface area contributed by atoms with E-state index in [1.165, 1.54) is 12.2 Å². The fourth-order valence-electron chi connectivity index (χ4n) is 0.191. The molecule has 0 saturated heterocycles. The average Bonchev–Trinajstić information content (AvgIpc) is 1.81. The van der Waals surface area contributed by atoms with Crippen LogP contribution in [0, 0.1) is 0 Å². The Kier molecular flexibility index (Phi) is 4.87. The lowest BCUT2D eigenvalue weighted by Gasteiger charge is -1.48. The van der Waals surface area contributed by atoms with Gasteiger partial charge < -0.3 is 0 Å². The van der Waals surface area contributed by atoms with Crippen LogP contribution in [0.15, 0.2) is 0 Å². The predicted octanol–water partition coefficient (Wildman–Crippen LogP) is -1.67. The van der Waals surface area contributed by atoms with Gasteiger partial charge in [-0.15, -0.1) is 0 Å². The molecule has 0 rings (SSSR count). The topological polar surface area (TPSA) is 62.3 Å². The minimum Gasteiger partial charge on any atom is -0.154 e. The number of hydrogen-bond donors (Lipinski definition) is 0. The van der Waals surface area contributed by atoms with Crippen LogP contribution in [0.5, 0.6) is 0 Å². The highest BCUT2D eigenvalue weighted by atomic mass is 16.1. The molecule has 8 heavy (non-hydrogen) atoms. The van der Waals surface area contributed by atoms with E-state index in [-0.39, 0.29) is 13.1 Å². The van der Waals surface area contributed by atoms with Gasteiger partial charge in [0.05, 0.1) is 0 Å². The summed E-state index contributed by atoms with van der Waals surface area (Å²) in [5, 5.41) is 0. The Morgan fingerprint density at radius 2 is 1.38 bits per heavy atom. The zero-order valence-electron chi connectivity index (χ0n) is 4.13. The van der Waals surface area contributed by atoms with Crippen LogP contribution in [0.4, 0.5) is 0 Å². The molecule has 0 aliphatic rings. The molecule has 0 aromatic carbocycles. The average molecular weight is 112 g/mol. The smallest absolute Gasteiger partial charge is 0.154 e. The first-order valence-electron chi connectivity index (χ1n) is 1.99. The minimum atomic E-state index is 0.221.